The zero-order valence-electron chi connectivity index (χ0n) is 36.3. The largest absolute Gasteiger partial charge is 0.309 e. The number of benzene rings is 8. The lowest BCUT2D eigenvalue weighted by molar-refractivity contribution is 0.757. The number of hydrogen-bond donors (Lipinski definition) is 0. The maximum atomic E-state index is 6.05. The minimum Gasteiger partial charge on any atom is -0.309 e. The summed E-state index contributed by atoms with van der Waals surface area (Å²) >= 11 is 0. The molecule has 8 aromatic carbocycles. The Bertz CT molecular complexity index is 4000. The van der Waals surface area contributed by atoms with Crippen LogP contribution < -0.4 is 0 Å². The third-order valence-electron chi connectivity index (χ3n) is 14.9. The second-order valence-electron chi connectivity index (χ2n) is 17.9. The molecule has 0 fully saturated rings. The van der Waals surface area contributed by atoms with Gasteiger partial charge in [0.15, 0.2) is 0 Å². The molecule has 0 N–H and O–H groups in total. The van der Waals surface area contributed by atoms with Crippen molar-refractivity contribution in [2.24, 2.45) is 0 Å². The van der Waals surface area contributed by atoms with Crippen LogP contribution in [-0.2, 0) is 5.41 Å². The van der Waals surface area contributed by atoms with Crippen molar-refractivity contribution in [3.8, 4) is 23.7 Å². The van der Waals surface area contributed by atoms with E-state index >= 15 is 0 Å². The zero-order chi connectivity index (χ0) is 43.7. The molecule has 0 saturated heterocycles. The summed E-state index contributed by atoms with van der Waals surface area (Å²) in [6, 6.07) is 67.3. The maximum absolute atomic E-state index is 6.05. The van der Waals surface area contributed by atoms with Gasteiger partial charge in [-0.3, -0.25) is 0 Å². The molecule has 1 atom stereocenters. The van der Waals surface area contributed by atoms with Crippen LogP contribution in [0, 0.1) is 12.3 Å². The minimum atomic E-state index is -0.659. The molecule has 0 bridgehead atoms. The summed E-state index contributed by atoms with van der Waals surface area (Å²) in [5.41, 5.74) is 20.1. The highest BCUT2D eigenvalue weighted by Gasteiger charge is 2.52. The lowest BCUT2D eigenvalue weighted by Gasteiger charge is -2.33. The lowest BCUT2D eigenvalue weighted by Crippen LogP contribution is -2.28. The van der Waals surface area contributed by atoms with Crippen LogP contribution in [-0.4, -0.2) is 13.7 Å². The highest BCUT2D eigenvalue weighted by Crippen LogP contribution is 2.63. The zero-order valence-corrected chi connectivity index (χ0v) is 36.3. The molecule has 3 aliphatic carbocycles. The fourth-order valence-electron chi connectivity index (χ4n) is 12.3. The van der Waals surface area contributed by atoms with Crippen molar-refractivity contribution in [1.29, 1.82) is 0 Å². The van der Waals surface area contributed by atoms with E-state index in [2.05, 4.69) is 233 Å². The van der Waals surface area contributed by atoms with E-state index in [1.54, 1.807) is 0 Å². The standard InChI is InChI=1S/C63H41N3/c1-3-4-19-44-40(2)63(55-38-42(33-35-46(44)55)65-59-29-13-7-22-50(59)51-23-8-14-30-60(51)65)54-37-41(64-57-27-11-5-20-48(57)49-21-6-12-28-58(49)64)18-17-26-45(54)47-36-34-43(39-56(47)63)66-61-31-15-9-24-52(61)53-25-10-16-32-62(53)66/h1,4-25,27-39H,26H2,2H3/b19-4-. The molecule has 14 rings (SSSR count). The van der Waals surface area contributed by atoms with E-state index in [-0.39, 0.29) is 0 Å². The predicted octanol–water partition coefficient (Wildman–Crippen LogP) is 15.5. The Labute approximate surface area is 382 Å². The maximum Gasteiger partial charge on any atom is 0.0684 e. The van der Waals surface area contributed by atoms with Gasteiger partial charge in [-0.05, 0) is 143 Å². The van der Waals surface area contributed by atoms with Crippen molar-refractivity contribution in [1.82, 2.24) is 13.7 Å². The van der Waals surface area contributed by atoms with Gasteiger partial charge in [0.05, 0.1) is 38.5 Å². The molecule has 66 heavy (non-hydrogen) atoms. The van der Waals surface area contributed by atoms with E-state index in [1.807, 2.05) is 6.08 Å². The van der Waals surface area contributed by atoms with Crippen LogP contribution in [0.4, 0.5) is 0 Å². The Morgan fingerprint density at radius 3 is 1.36 bits per heavy atom. The molecular formula is C63H41N3. The SMILES string of the molecule is C#C/C=C\C1=C(C)C2(C3=C(CC=CC(n4c5ccccc5c5ccccc54)=C3)c3ccc(-n4c5ccccc5c5ccccc54)cc32)c2cc(-n3c4ccccc4c4ccccc43)ccc21. The van der Waals surface area contributed by atoms with Gasteiger partial charge in [-0.1, -0.05) is 133 Å². The third kappa shape index (κ3) is 4.77. The number of allylic oxidation sites excluding steroid dienone is 10. The quantitative estimate of drug-likeness (QED) is 0.157. The normalized spacial score (nSPS) is 16.7. The Hall–Kier alpha value is -8.58. The molecule has 1 unspecified atom stereocenters. The summed E-state index contributed by atoms with van der Waals surface area (Å²) < 4.78 is 7.39. The van der Waals surface area contributed by atoms with Crippen LogP contribution in [0.15, 0.2) is 224 Å². The molecular weight excluding hydrogens is 799 g/mol. The molecule has 1 spiro atoms. The summed E-state index contributed by atoms with van der Waals surface area (Å²) in [6.07, 6.45) is 18.1. The second kappa shape index (κ2) is 13.7. The number of nitrogens with zero attached hydrogens (tertiary/aromatic N) is 3. The highest BCUT2D eigenvalue weighted by atomic mass is 15.0. The molecule has 0 radical (unpaired) electrons. The van der Waals surface area contributed by atoms with E-state index in [0.717, 1.165) is 23.5 Å². The van der Waals surface area contributed by atoms with Crippen molar-refractivity contribution in [2.75, 3.05) is 0 Å². The summed E-state index contributed by atoms with van der Waals surface area (Å²) in [5.74, 6) is 2.85. The molecule has 3 aliphatic rings. The van der Waals surface area contributed by atoms with E-state index in [4.69, 9.17) is 6.42 Å². The average Bonchev–Trinajstić information content (AvgIpc) is 4.08. The molecule has 3 aromatic heterocycles. The van der Waals surface area contributed by atoms with E-state index < -0.39 is 5.41 Å². The monoisotopic (exact) mass is 839 g/mol. The summed E-state index contributed by atoms with van der Waals surface area (Å²) in [7, 11) is 0. The minimum absolute atomic E-state index is 0.659. The first-order valence-electron chi connectivity index (χ1n) is 22.9. The van der Waals surface area contributed by atoms with Crippen molar-refractivity contribution >= 4 is 82.3 Å². The first-order chi connectivity index (χ1) is 32.6. The molecule has 0 aliphatic heterocycles. The summed E-state index contributed by atoms with van der Waals surface area (Å²) in [4.78, 5) is 0. The van der Waals surface area contributed by atoms with Crippen molar-refractivity contribution in [2.45, 2.75) is 18.8 Å². The average molecular weight is 840 g/mol. The molecule has 0 amide bonds. The van der Waals surface area contributed by atoms with Crippen molar-refractivity contribution in [3.63, 3.8) is 0 Å². The van der Waals surface area contributed by atoms with Crippen LogP contribution in [0.25, 0.3) is 93.6 Å². The topological polar surface area (TPSA) is 14.8 Å². The Morgan fingerprint density at radius 2 is 0.909 bits per heavy atom. The summed E-state index contributed by atoms with van der Waals surface area (Å²) in [5, 5.41) is 7.50. The Morgan fingerprint density at radius 1 is 0.500 bits per heavy atom. The van der Waals surface area contributed by atoms with Gasteiger partial charge in [-0.25, -0.2) is 0 Å². The number of aromatic nitrogens is 3. The van der Waals surface area contributed by atoms with Crippen molar-refractivity contribution < 1.29 is 0 Å². The van der Waals surface area contributed by atoms with Gasteiger partial charge < -0.3 is 13.7 Å². The number of para-hydroxylation sites is 6. The number of rotatable bonds is 4. The first-order valence-corrected chi connectivity index (χ1v) is 22.9. The molecule has 3 heterocycles. The van der Waals surface area contributed by atoms with Gasteiger partial charge in [-0.2, -0.15) is 0 Å². The highest BCUT2D eigenvalue weighted by molar-refractivity contribution is 6.12. The van der Waals surface area contributed by atoms with Crippen molar-refractivity contribution in [3.05, 3.63) is 246 Å². The molecule has 11 aromatic rings. The third-order valence-corrected chi connectivity index (χ3v) is 14.9. The number of hydrogen-bond acceptors (Lipinski definition) is 0. The molecule has 308 valence electrons. The predicted molar refractivity (Wildman–Crippen MR) is 277 cm³/mol. The van der Waals surface area contributed by atoms with Gasteiger partial charge in [0.1, 0.15) is 0 Å². The van der Waals surface area contributed by atoms with Crippen LogP contribution in [0.1, 0.15) is 35.6 Å². The van der Waals surface area contributed by atoms with Crippen LogP contribution >= 0.6 is 0 Å². The first kappa shape index (κ1) is 36.9. The summed E-state index contributed by atoms with van der Waals surface area (Å²) in [6.45, 7) is 2.36. The Kier molecular flexibility index (Phi) is 7.66. The van der Waals surface area contributed by atoms with Crippen LogP contribution in [0.2, 0.25) is 0 Å². The smallest absolute Gasteiger partial charge is 0.0684 e. The van der Waals surface area contributed by atoms with Crippen LogP contribution in [0.3, 0.4) is 0 Å². The van der Waals surface area contributed by atoms with Crippen LogP contribution in [0.5, 0.6) is 0 Å². The van der Waals surface area contributed by atoms with Gasteiger partial charge >= 0.3 is 0 Å². The van der Waals surface area contributed by atoms with Gasteiger partial charge in [0, 0.05) is 49.4 Å². The lowest BCUT2D eigenvalue weighted by atomic mass is 9.68. The van der Waals surface area contributed by atoms with Gasteiger partial charge in [0.25, 0.3) is 0 Å². The van der Waals surface area contributed by atoms with E-state index in [9.17, 15) is 0 Å². The van der Waals surface area contributed by atoms with E-state index in [0.29, 0.717) is 0 Å². The fraction of sp³-hybridized carbons (Fsp3) is 0.0476. The van der Waals surface area contributed by atoms with Gasteiger partial charge in [-0.15, -0.1) is 6.42 Å². The number of terminal acetylenes is 1. The van der Waals surface area contributed by atoms with E-state index in [1.165, 1.54) is 110 Å². The second-order valence-corrected chi connectivity index (χ2v) is 17.9. The number of fused-ring (bicyclic) bond motifs is 15. The fourth-order valence-corrected chi connectivity index (χ4v) is 12.3. The Balaban J connectivity index is 1.11. The molecule has 0 saturated carbocycles. The molecule has 3 heteroatoms. The van der Waals surface area contributed by atoms with Gasteiger partial charge in [0.2, 0.25) is 0 Å². The molecule has 3 nitrogen and oxygen atoms in total.